The molecule has 1 atom stereocenters. The fourth-order valence-corrected chi connectivity index (χ4v) is 6.26. The molecule has 1 N–H and O–H groups in total. The van der Waals surface area contributed by atoms with Crippen LogP contribution in [-0.2, 0) is 6.54 Å². The maximum Gasteiger partial charge on any atom is 0.140 e. The monoisotopic (exact) mass is 529 g/mol. The second-order valence-electron chi connectivity index (χ2n) is 11.6. The fraction of sp³-hybridized carbons (Fsp3) is 0.533. The number of piperazine rings is 2. The van der Waals surface area contributed by atoms with E-state index in [0.717, 1.165) is 75.6 Å². The number of rotatable bonds is 7. The number of nitrogens with zero attached hydrogens (tertiary/aromatic N) is 8. The summed E-state index contributed by atoms with van der Waals surface area (Å²) in [6.07, 6.45) is 8.55. The zero-order valence-corrected chi connectivity index (χ0v) is 24.1. The number of fused-ring (bicyclic) bond motifs is 2. The van der Waals surface area contributed by atoms with Gasteiger partial charge in [-0.1, -0.05) is 13.8 Å². The molecule has 0 bridgehead atoms. The Labute approximate surface area is 232 Å². The molecule has 0 radical (unpaired) electrons. The lowest BCUT2D eigenvalue weighted by Crippen LogP contribution is -2.46. The molecule has 4 aromatic rings. The molecule has 6 rings (SSSR count). The molecule has 208 valence electrons. The van der Waals surface area contributed by atoms with Gasteiger partial charge in [0, 0.05) is 89.9 Å². The SMILES string of the molecule is CNn1cc(N2CCN(C)C(c3cnc4c(c3)c(C(C)C)cn4CCN3CCN(C)CC3)C2)c2ncccc21. The minimum atomic E-state index is 0.265. The van der Waals surface area contributed by atoms with E-state index in [9.17, 15) is 0 Å². The van der Waals surface area contributed by atoms with Gasteiger partial charge in [-0.15, -0.1) is 0 Å². The van der Waals surface area contributed by atoms with Crippen molar-refractivity contribution in [3.63, 3.8) is 0 Å². The van der Waals surface area contributed by atoms with Crippen LogP contribution in [0.15, 0.2) is 43.0 Å². The summed E-state index contributed by atoms with van der Waals surface area (Å²) in [5.74, 6) is 0.453. The third-order valence-corrected chi connectivity index (χ3v) is 8.80. The van der Waals surface area contributed by atoms with Gasteiger partial charge >= 0.3 is 0 Å². The van der Waals surface area contributed by atoms with Crippen molar-refractivity contribution in [3.8, 4) is 0 Å². The van der Waals surface area contributed by atoms with E-state index in [1.807, 2.05) is 19.3 Å². The third-order valence-electron chi connectivity index (χ3n) is 8.80. The van der Waals surface area contributed by atoms with E-state index >= 15 is 0 Å². The van der Waals surface area contributed by atoms with Gasteiger partial charge in [0.05, 0.1) is 23.4 Å². The van der Waals surface area contributed by atoms with Gasteiger partial charge in [-0.3, -0.25) is 19.5 Å². The van der Waals surface area contributed by atoms with E-state index in [2.05, 4.69) is 92.9 Å². The smallest absolute Gasteiger partial charge is 0.140 e. The lowest BCUT2D eigenvalue weighted by Gasteiger charge is -2.40. The summed E-state index contributed by atoms with van der Waals surface area (Å²) < 4.78 is 4.46. The first kappa shape index (κ1) is 26.1. The normalized spacial score (nSPS) is 20.1. The average Bonchev–Trinajstić information content (AvgIpc) is 3.51. The molecule has 0 spiro atoms. The van der Waals surface area contributed by atoms with Crippen LogP contribution in [0.1, 0.15) is 36.9 Å². The van der Waals surface area contributed by atoms with Gasteiger partial charge in [0.15, 0.2) is 0 Å². The second-order valence-corrected chi connectivity index (χ2v) is 11.6. The van der Waals surface area contributed by atoms with Crippen LogP contribution in [0.3, 0.4) is 0 Å². The van der Waals surface area contributed by atoms with Crippen molar-refractivity contribution >= 4 is 27.8 Å². The highest BCUT2D eigenvalue weighted by Gasteiger charge is 2.29. The Morgan fingerprint density at radius 2 is 1.82 bits per heavy atom. The molecule has 0 aliphatic carbocycles. The van der Waals surface area contributed by atoms with Gasteiger partial charge in [0.2, 0.25) is 0 Å². The quantitative estimate of drug-likeness (QED) is 0.394. The number of aromatic nitrogens is 4. The highest BCUT2D eigenvalue weighted by molar-refractivity contribution is 5.90. The van der Waals surface area contributed by atoms with Gasteiger partial charge in [0.25, 0.3) is 0 Å². The van der Waals surface area contributed by atoms with E-state index < -0.39 is 0 Å². The maximum atomic E-state index is 5.10. The molecule has 2 aliphatic rings. The number of anilines is 1. The Kier molecular flexibility index (Phi) is 7.22. The minimum Gasteiger partial charge on any atom is -0.365 e. The van der Waals surface area contributed by atoms with Gasteiger partial charge < -0.3 is 19.8 Å². The molecule has 0 aromatic carbocycles. The van der Waals surface area contributed by atoms with Crippen molar-refractivity contribution < 1.29 is 0 Å². The first-order chi connectivity index (χ1) is 18.9. The zero-order chi connectivity index (χ0) is 27.1. The highest BCUT2D eigenvalue weighted by atomic mass is 15.4. The molecule has 0 saturated carbocycles. The van der Waals surface area contributed by atoms with Gasteiger partial charge in [0.1, 0.15) is 11.2 Å². The van der Waals surface area contributed by atoms with E-state index in [4.69, 9.17) is 9.97 Å². The number of pyridine rings is 2. The van der Waals surface area contributed by atoms with Gasteiger partial charge in [-0.2, -0.15) is 0 Å². The Morgan fingerprint density at radius 3 is 2.59 bits per heavy atom. The Hall–Kier alpha value is -3.14. The highest BCUT2D eigenvalue weighted by Crippen LogP contribution is 2.34. The van der Waals surface area contributed by atoms with E-state index in [-0.39, 0.29) is 6.04 Å². The summed E-state index contributed by atoms with van der Waals surface area (Å²) >= 11 is 0. The minimum absolute atomic E-state index is 0.265. The molecule has 2 aliphatic heterocycles. The predicted octanol–water partition coefficient (Wildman–Crippen LogP) is 3.42. The van der Waals surface area contributed by atoms with Crippen LogP contribution in [0.5, 0.6) is 0 Å². The number of likely N-dealkylation sites (N-methyl/N-ethyl adjacent to an activating group) is 2. The van der Waals surface area contributed by atoms with Crippen LogP contribution >= 0.6 is 0 Å². The second kappa shape index (κ2) is 10.8. The van der Waals surface area contributed by atoms with Crippen molar-refractivity contribution in [1.82, 2.24) is 33.9 Å². The maximum absolute atomic E-state index is 5.10. The number of hydrogen-bond donors (Lipinski definition) is 1. The summed E-state index contributed by atoms with van der Waals surface area (Å²) in [5.41, 5.74) is 10.4. The van der Waals surface area contributed by atoms with Crippen LogP contribution in [0.4, 0.5) is 5.69 Å². The molecule has 39 heavy (non-hydrogen) atoms. The molecule has 6 heterocycles. The molecule has 0 amide bonds. The molecule has 9 heteroatoms. The summed E-state index contributed by atoms with van der Waals surface area (Å²) in [5, 5.41) is 1.31. The molecule has 1 unspecified atom stereocenters. The van der Waals surface area contributed by atoms with Crippen molar-refractivity contribution in [2.75, 3.05) is 83.8 Å². The van der Waals surface area contributed by atoms with E-state index in [1.54, 1.807) is 0 Å². The van der Waals surface area contributed by atoms with Crippen LogP contribution in [0.2, 0.25) is 0 Å². The first-order valence-electron chi connectivity index (χ1n) is 14.4. The van der Waals surface area contributed by atoms with Crippen LogP contribution in [0.25, 0.3) is 22.1 Å². The van der Waals surface area contributed by atoms with Crippen molar-refractivity contribution in [2.24, 2.45) is 0 Å². The van der Waals surface area contributed by atoms with Crippen molar-refractivity contribution in [3.05, 3.63) is 54.1 Å². The standard InChI is InChI=1S/C30H43N9/c1-22(2)25-19-38(16-14-36-12-9-34(4)10-13-36)30-24(25)17-23(18-33-30)27-20-37(15-11-35(27)5)28-21-39(31-3)26-7-6-8-32-29(26)28/h6-8,17-19,21-22,27,31H,9-16,20H2,1-5H3. The van der Waals surface area contributed by atoms with E-state index in [0.29, 0.717) is 5.92 Å². The zero-order valence-electron chi connectivity index (χ0n) is 24.1. The summed E-state index contributed by atoms with van der Waals surface area (Å²) in [7, 11) is 6.41. The predicted molar refractivity (Wildman–Crippen MR) is 160 cm³/mol. The first-order valence-corrected chi connectivity index (χ1v) is 14.4. The molecular weight excluding hydrogens is 486 g/mol. The molecule has 4 aromatic heterocycles. The summed E-state index contributed by atoms with van der Waals surface area (Å²) in [6.45, 7) is 14.1. The average molecular weight is 530 g/mol. The van der Waals surface area contributed by atoms with Crippen LogP contribution in [0, 0.1) is 0 Å². The van der Waals surface area contributed by atoms with E-state index in [1.165, 1.54) is 22.2 Å². The van der Waals surface area contributed by atoms with Gasteiger partial charge in [-0.05, 0) is 49.3 Å². The van der Waals surface area contributed by atoms with Crippen molar-refractivity contribution in [2.45, 2.75) is 32.4 Å². The summed E-state index contributed by atoms with van der Waals surface area (Å²) in [6, 6.07) is 6.80. The van der Waals surface area contributed by atoms with Crippen LogP contribution < -0.4 is 10.3 Å². The Morgan fingerprint density at radius 1 is 1.00 bits per heavy atom. The lowest BCUT2D eigenvalue weighted by molar-refractivity contribution is 0.150. The third kappa shape index (κ3) is 4.99. The Bertz CT molecular complexity index is 1430. The van der Waals surface area contributed by atoms with Crippen molar-refractivity contribution in [1.29, 1.82) is 0 Å². The van der Waals surface area contributed by atoms with Gasteiger partial charge in [-0.25, -0.2) is 4.98 Å². The number of nitrogens with one attached hydrogen (secondary N) is 1. The topological polar surface area (TPSA) is 60.6 Å². The molecular formula is C30H43N9. The Balaban J connectivity index is 1.27. The molecule has 2 saturated heterocycles. The molecule has 2 fully saturated rings. The summed E-state index contributed by atoms with van der Waals surface area (Å²) in [4.78, 5) is 19.8. The molecule has 9 nitrogen and oxygen atoms in total. The fourth-order valence-electron chi connectivity index (χ4n) is 6.26. The number of hydrogen-bond acceptors (Lipinski definition) is 7. The van der Waals surface area contributed by atoms with Crippen LogP contribution in [-0.4, -0.2) is 107 Å². The largest absolute Gasteiger partial charge is 0.365 e. The lowest BCUT2D eigenvalue weighted by atomic mass is 9.99.